The van der Waals surface area contributed by atoms with Crippen molar-refractivity contribution in [3.8, 4) is 5.75 Å². The third-order valence-electron chi connectivity index (χ3n) is 7.58. The van der Waals surface area contributed by atoms with Crippen molar-refractivity contribution in [3.05, 3.63) is 95.1 Å². The van der Waals surface area contributed by atoms with Crippen molar-refractivity contribution in [2.24, 2.45) is 5.92 Å². The number of carbonyl (C=O) groups is 3. The Morgan fingerprint density at radius 3 is 2.07 bits per heavy atom. The molecule has 3 amide bonds. The second kappa shape index (κ2) is 15.6. The zero-order valence-corrected chi connectivity index (χ0v) is 27.9. The van der Waals surface area contributed by atoms with Gasteiger partial charge in [-0.2, -0.15) is 0 Å². The highest BCUT2D eigenvalue weighted by molar-refractivity contribution is 5.99. The molecule has 3 aromatic carbocycles. The number of hydrogen-bond acceptors (Lipinski definition) is 5. The van der Waals surface area contributed by atoms with Crippen LogP contribution in [0.4, 0.5) is 10.5 Å². The molecule has 0 saturated carbocycles. The van der Waals surface area contributed by atoms with Gasteiger partial charge in [0, 0.05) is 18.2 Å². The molecule has 3 N–H and O–H groups in total. The number of amides is 3. The van der Waals surface area contributed by atoms with Crippen molar-refractivity contribution in [1.29, 1.82) is 0 Å². The predicted octanol–water partition coefficient (Wildman–Crippen LogP) is 7.48. The molecule has 3 aromatic rings. The Bertz CT molecular complexity index is 1430. The summed E-state index contributed by atoms with van der Waals surface area (Å²) in [6.45, 7) is 15.4. The lowest BCUT2D eigenvalue weighted by atomic mass is 9.95. The number of para-hydroxylation sites is 1. The van der Waals surface area contributed by atoms with Crippen molar-refractivity contribution in [3.63, 3.8) is 0 Å². The van der Waals surface area contributed by atoms with E-state index in [1.54, 1.807) is 37.8 Å². The van der Waals surface area contributed by atoms with Gasteiger partial charge >= 0.3 is 6.09 Å². The highest BCUT2D eigenvalue weighted by Gasteiger charge is 2.39. The Morgan fingerprint density at radius 2 is 1.49 bits per heavy atom. The van der Waals surface area contributed by atoms with Gasteiger partial charge in [-0.05, 0) is 95.2 Å². The third kappa shape index (κ3) is 10.7. The van der Waals surface area contributed by atoms with Crippen LogP contribution in [0.15, 0.2) is 72.8 Å². The molecule has 0 aliphatic rings. The molecule has 45 heavy (non-hydrogen) atoms. The fourth-order valence-corrected chi connectivity index (χ4v) is 5.11. The first-order valence-corrected chi connectivity index (χ1v) is 15.7. The minimum atomic E-state index is -1.05. The molecule has 3 unspecified atom stereocenters. The topological polar surface area (TPSA) is 108 Å². The molecule has 0 fully saturated rings. The maximum Gasteiger partial charge on any atom is 0.408 e. The van der Waals surface area contributed by atoms with Gasteiger partial charge in [-0.15, -0.1) is 0 Å². The van der Waals surface area contributed by atoms with Crippen LogP contribution >= 0.6 is 0 Å². The fraction of sp³-hybridized carbons (Fsp3) is 0.432. The maximum atomic E-state index is 14.8. The zero-order valence-electron chi connectivity index (χ0n) is 27.9. The van der Waals surface area contributed by atoms with Gasteiger partial charge in [-0.25, -0.2) is 4.79 Å². The number of benzene rings is 3. The molecule has 8 nitrogen and oxygen atoms in total. The molecule has 0 saturated heterocycles. The standard InChI is InChI=1S/C37H49N3O5/c1-24(2)13-16-27(5)40(33(29-19-14-25(3)15-20-29)34(42)38-31-12-10-9-11-26(31)4)35(43)32(39-36(44)45-37(6,7)8)23-28-17-21-30(41)22-18-28/h9-12,14-15,17-22,24,27,32-33,41H,13,16,23H2,1-8H3,(H,38,42)(H,39,44). The molecule has 3 atom stereocenters. The number of rotatable bonds is 12. The lowest BCUT2D eigenvalue weighted by molar-refractivity contribution is -0.143. The van der Waals surface area contributed by atoms with Crippen LogP contribution in [-0.4, -0.2) is 45.6 Å². The van der Waals surface area contributed by atoms with Gasteiger partial charge in [0.1, 0.15) is 23.4 Å². The largest absolute Gasteiger partial charge is 0.508 e. The summed E-state index contributed by atoms with van der Waals surface area (Å²) in [6, 6.07) is 19.2. The van der Waals surface area contributed by atoms with Crippen LogP contribution in [-0.2, 0) is 20.7 Å². The van der Waals surface area contributed by atoms with Gasteiger partial charge in [0.05, 0.1) is 0 Å². The van der Waals surface area contributed by atoms with Crippen LogP contribution in [0.25, 0.3) is 0 Å². The number of anilines is 1. The Hall–Kier alpha value is -4.33. The second-order valence-electron chi connectivity index (χ2n) is 13.3. The van der Waals surface area contributed by atoms with Crippen LogP contribution in [0, 0.1) is 19.8 Å². The lowest BCUT2D eigenvalue weighted by Gasteiger charge is -2.39. The summed E-state index contributed by atoms with van der Waals surface area (Å²) in [4.78, 5) is 43.9. The van der Waals surface area contributed by atoms with Crippen molar-refractivity contribution in [2.75, 3.05) is 5.32 Å². The van der Waals surface area contributed by atoms with E-state index < -0.39 is 29.7 Å². The number of alkyl carbamates (subject to hydrolysis) is 1. The average Bonchev–Trinajstić information content (AvgIpc) is 2.96. The quantitative estimate of drug-likeness (QED) is 0.196. The molecule has 0 aliphatic carbocycles. The first-order chi connectivity index (χ1) is 21.1. The van der Waals surface area contributed by atoms with E-state index in [-0.39, 0.29) is 24.1 Å². The fourth-order valence-electron chi connectivity index (χ4n) is 5.11. The van der Waals surface area contributed by atoms with E-state index in [2.05, 4.69) is 24.5 Å². The molecular formula is C37H49N3O5. The number of nitrogens with zero attached hydrogens (tertiary/aromatic N) is 1. The zero-order chi connectivity index (χ0) is 33.3. The van der Waals surface area contributed by atoms with Crippen LogP contribution in [0.1, 0.15) is 82.7 Å². The number of aromatic hydroxyl groups is 1. The van der Waals surface area contributed by atoms with E-state index in [0.29, 0.717) is 23.6 Å². The van der Waals surface area contributed by atoms with Gasteiger partial charge in [0.15, 0.2) is 0 Å². The number of phenols is 1. The Labute approximate surface area is 268 Å². The summed E-state index contributed by atoms with van der Waals surface area (Å²) in [7, 11) is 0. The molecule has 0 aliphatic heterocycles. The SMILES string of the molecule is Cc1ccc(C(C(=O)Nc2ccccc2C)N(C(=O)C(Cc2ccc(O)cc2)NC(=O)OC(C)(C)C)C(C)CCC(C)C)cc1. The van der Waals surface area contributed by atoms with Crippen molar-refractivity contribution in [1.82, 2.24) is 10.2 Å². The summed E-state index contributed by atoms with van der Waals surface area (Å²) in [6.07, 6.45) is 0.895. The number of aryl methyl sites for hydroxylation is 2. The molecule has 0 heterocycles. The first kappa shape index (κ1) is 35.2. The van der Waals surface area contributed by atoms with E-state index in [1.807, 2.05) is 69.3 Å². The van der Waals surface area contributed by atoms with Crippen LogP contribution in [0.5, 0.6) is 5.75 Å². The molecule has 0 spiro atoms. The van der Waals surface area contributed by atoms with Gasteiger partial charge in [0.2, 0.25) is 5.91 Å². The predicted molar refractivity (Wildman–Crippen MR) is 179 cm³/mol. The van der Waals surface area contributed by atoms with Gasteiger partial charge in [-0.1, -0.05) is 74.0 Å². The smallest absolute Gasteiger partial charge is 0.408 e. The van der Waals surface area contributed by atoms with Crippen LogP contribution in [0.2, 0.25) is 0 Å². The third-order valence-corrected chi connectivity index (χ3v) is 7.58. The van der Waals surface area contributed by atoms with Gasteiger partial charge in [0.25, 0.3) is 5.91 Å². The Kier molecular flexibility index (Phi) is 12.2. The molecule has 242 valence electrons. The number of ether oxygens (including phenoxy) is 1. The van der Waals surface area contributed by atoms with E-state index in [4.69, 9.17) is 4.74 Å². The van der Waals surface area contributed by atoms with E-state index in [9.17, 15) is 19.5 Å². The Balaban J connectivity index is 2.14. The summed E-state index contributed by atoms with van der Waals surface area (Å²) in [5.74, 6) is -0.275. The van der Waals surface area contributed by atoms with Crippen molar-refractivity contribution < 1.29 is 24.2 Å². The minimum absolute atomic E-state index is 0.0953. The van der Waals surface area contributed by atoms with Crippen LogP contribution < -0.4 is 10.6 Å². The highest BCUT2D eigenvalue weighted by Crippen LogP contribution is 2.30. The molecule has 8 heteroatoms. The molecular weight excluding hydrogens is 566 g/mol. The van der Waals surface area contributed by atoms with E-state index in [1.165, 1.54) is 12.1 Å². The monoisotopic (exact) mass is 615 g/mol. The normalized spacial score (nSPS) is 13.4. The van der Waals surface area contributed by atoms with E-state index in [0.717, 1.165) is 23.1 Å². The molecule has 0 radical (unpaired) electrons. The maximum absolute atomic E-state index is 14.8. The molecule has 0 bridgehead atoms. The Morgan fingerprint density at radius 1 is 0.867 bits per heavy atom. The van der Waals surface area contributed by atoms with Crippen molar-refractivity contribution >= 4 is 23.6 Å². The van der Waals surface area contributed by atoms with Crippen LogP contribution in [0.3, 0.4) is 0 Å². The van der Waals surface area contributed by atoms with E-state index >= 15 is 0 Å². The average molecular weight is 616 g/mol. The highest BCUT2D eigenvalue weighted by atomic mass is 16.6. The minimum Gasteiger partial charge on any atom is -0.508 e. The summed E-state index contributed by atoms with van der Waals surface area (Å²) < 4.78 is 5.55. The molecule has 0 aromatic heterocycles. The summed E-state index contributed by atoms with van der Waals surface area (Å²) in [5.41, 5.74) is 3.20. The summed E-state index contributed by atoms with van der Waals surface area (Å²) in [5, 5.41) is 15.7. The van der Waals surface area contributed by atoms with Crippen molar-refractivity contribution in [2.45, 2.75) is 98.4 Å². The van der Waals surface area contributed by atoms with Gasteiger partial charge in [-0.3, -0.25) is 9.59 Å². The summed E-state index contributed by atoms with van der Waals surface area (Å²) >= 11 is 0. The second-order valence-corrected chi connectivity index (χ2v) is 13.3. The number of nitrogens with one attached hydrogen (secondary N) is 2. The number of carbonyl (C=O) groups excluding carboxylic acids is 3. The number of phenolic OH excluding ortho intramolecular Hbond substituents is 1. The number of hydrogen-bond donors (Lipinski definition) is 3. The van der Waals surface area contributed by atoms with Gasteiger partial charge < -0.3 is 25.4 Å². The molecule has 3 rings (SSSR count). The lowest BCUT2D eigenvalue weighted by Crippen LogP contribution is -2.55. The first-order valence-electron chi connectivity index (χ1n) is 15.7.